The first-order valence-electron chi connectivity index (χ1n) is 13.1. The number of fused-ring (bicyclic) bond motifs is 1. The van der Waals surface area contributed by atoms with Crippen molar-refractivity contribution in [2.75, 3.05) is 0 Å². The minimum Gasteiger partial charge on any atom is -0.465 e. The average Bonchev–Trinajstić information content (AvgIpc) is 3.31. The lowest BCUT2D eigenvalue weighted by Gasteiger charge is -2.29. The topological polar surface area (TPSA) is 130 Å². The number of carboxylic acid groups (broad SMARTS) is 1. The molecule has 0 spiro atoms. The molecule has 1 fully saturated rings. The number of amidine groups is 1. The summed E-state index contributed by atoms with van der Waals surface area (Å²) in [4.78, 5) is 28.4. The number of nitrogens with zero attached hydrogens (tertiary/aromatic N) is 5. The number of halogens is 4. The lowest BCUT2D eigenvalue weighted by atomic mass is 9.82. The first-order chi connectivity index (χ1) is 20.0. The summed E-state index contributed by atoms with van der Waals surface area (Å²) in [5.74, 6) is -0.605. The number of alkyl halides is 1. The van der Waals surface area contributed by atoms with Crippen molar-refractivity contribution in [3.63, 3.8) is 0 Å². The molecule has 13 heteroatoms. The second-order valence-electron chi connectivity index (χ2n) is 10.3. The normalized spacial score (nSPS) is 18.3. The zero-order valence-electron chi connectivity index (χ0n) is 22.3. The van der Waals surface area contributed by atoms with Crippen molar-refractivity contribution >= 4 is 34.7 Å². The molecular weight excluding hydrogens is 571 g/mol. The van der Waals surface area contributed by atoms with Crippen LogP contribution in [0.1, 0.15) is 49.8 Å². The van der Waals surface area contributed by atoms with E-state index in [1.807, 2.05) is 5.32 Å². The summed E-state index contributed by atoms with van der Waals surface area (Å²) in [6, 6.07) is 4.60. The van der Waals surface area contributed by atoms with E-state index in [9.17, 15) is 13.6 Å². The Labute approximate surface area is 243 Å². The molecule has 3 heterocycles. The van der Waals surface area contributed by atoms with E-state index < -0.39 is 34.8 Å². The molecule has 1 aromatic carbocycles. The van der Waals surface area contributed by atoms with Crippen LogP contribution < -0.4 is 5.32 Å². The Kier molecular flexibility index (Phi) is 7.88. The molecule has 1 saturated carbocycles. The van der Waals surface area contributed by atoms with E-state index in [4.69, 9.17) is 28.5 Å². The fourth-order valence-corrected chi connectivity index (χ4v) is 5.59. The summed E-state index contributed by atoms with van der Waals surface area (Å²) in [6.07, 6.45) is 9.92. The van der Waals surface area contributed by atoms with Crippen molar-refractivity contribution in [2.45, 2.75) is 44.8 Å². The first kappa shape index (κ1) is 29.0. The minimum absolute atomic E-state index is 0.0176. The predicted molar refractivity (Wildman–Crippen MR) is 150 cm³/mol. The third-order valence-electron chi connectivity index (χ3n) is 7.41. The largest absolute Gasteiger partial charge is 0.465 e. The summed E-state index contributed by atoms with van der Waals surface area (Å²) in [7, 11) is 0. The molecule has 9 nitrogen and oxygen atoms in total. The molecule has 0 aliphatic heterocycles. The summed E-state index contributed by atoms with van der Waals surface area (Å²) >= 11 is 6.21. The van der Waals surface area contributed by atoms with E-state index in [0.717, 1.165) is 50.8 Å². The fraction of sp³-hybridized carbons (Fsp3) is 0.310. The molecule has 1 atom stereocenters. The number of hydrogen-bond donors (Lipinski definition) is 3. The van der Waals surface area contributed by atoms with Gasteiger partial charge in [-0.3, -0.25) is 15.7 Å². The van der Waals surface area contributed by atoms with Crippen molar-refractivity contribution in [1.29, 1.82) is 5.41 Å². The van der Waals surface area contributed by atoms with Crippen LogP contribution in [0.2, 0.25) is 5.02 Å². The van der Waals surface area contributed by atoms with Crippen LogP contribution in [-0.2, 0) is 12.2 Å². The van der Waals surface area contributed by atoms with E-state index >= 15 is 4.39 Å². The Morgan fingerprint density at radius 1 is 1.21 bits per heavy atom. The summed E-state index contributed by atoms with van der Waals surface area (Å²) in [5.41, 5.74) is -3.02. The lowest BCUT2D eigenvalue weighted by molar-refractivity contribution is 0.200. The van der Waals surface area contributed by atoms with Gasteiger partial charge in [0.1, 0.15) is 22.8 Å². The highest BCUT2D eigenvalue weighted by molar-refractivity contribution is 6.30. The van der Waals surface area contributed by atoms with Gasteiger partial charge in [0.2, 0.25) is 0 Å². The second-order valence-corrected chi connectivity index (χ2v) is 10.7. The lowest BCUT2D eigenvalue weighted by Crippen LogP contribution is -2.30. The molecule has 1 amide bonds. The van der Waals surface area contributed by atoms with Gasteiger partial charge < -0.3 is 9.67 Å². The number of aromatic nitrogens is 5. The number of rotatable bonds is 6. The summed E-state index contributed by atoms with van der Waals surface area (Å²) in [5, 5.41) is 19.5. The minimum atomic E-state index is -2.77. The van der Waals surface area contributed by atoms with Gasteiger partial charge >= 0.3 is 6.09 Å². The maximum atomic E-state index is 16.9. The Bertz CT molecular complexity index is 1720. The molecule has 1 unspecified atom stereocenters. The fourth-order valence-electron chi connectivity index (χ4n) is 5.42. The highest BCUT2D eigenvalue weighted by Gasteiger charge is 2.41. The van der Waals surface area contributed by atoms with Crippen LogP contribution in [0.15, 0.2) is 36.7 Å². The van der Waals surface area contributed by atoms with Gasteiger partial charge in [-0.25, -0.2) is 32.9 Å². The van der Waals surface area contributed by atoms with Crippen molar-refractivity contribution < 1.29 is 23.1 Å². The van der Waals surface area contributed by atoms with Crippen LogP contribution in [0.25, 0.3) is 22.4 Å². The van der Waals surface area contributed by atoms with Gasteiger partial charge in [-0.2, -0.15) is 0 Å². The van der Waals surface area contributed by atoms with Gasteiger partial charge in [0.25, 0.3) is 0 Å². The van der Waals surface area contributed by atoms with Gasteiger partial charge in [0.05, 0.1) is 10.6 Å². The van der Waals surface area contributed by atoms with Crippen LogP contribution in [0, 0.1) is 41.2 Å². The molecule has 3 N–H and O–H groups in total. The smallest absolute Gasteiger partial charge is 0.410 e. The Morgan fingerprint density at radius 3 is 2.52 bits per heavy atom. The van der Waals surface area contributed by atoms with E-state index in [1.54, 1.807) is 0 Å². The number of benzene rings is 1. The quantitative estimate of drug-likeness (QED) is 0.141. The maximum absolute atomic E-state index is 16.9. The molecule has 0 bridgehead atoms. The van der Waals surface area contributed by atoms with Crippen LogP contribution in [0.4, 0.5) is 18.0 Å². The molecule has 4 aromatic rings. The zero-order valence-corrected chi connectivity index (χ0v) is 23.1. The van der Waals surface area contributed by atoms with Crippen molar-refractivity contribution in [1.82, 2.24) is 29.8 Å². The van der Waals surface area contributed by atoms with Crippen molar-refractivity contribution in [3.05, 3.63) is 70.5 Å². The van der Waals surface area contributed by atoms with E-state index in [0.29, 0.717) is 5.56 Å². The zero-order chi connectivity index (χ0) is 30.2. The number of imidazole rings is 1. The molecule has 42 heavy (non-hydrogen) atoms. The molecule has 216 valence electrons. The highest BCUT2D eigenvalue weighted by Crippen LogP contribution is 2.41. The Morgan fingerprint density at radius 2 is 1.90 bits per heavy atom. The second kappa shape index (κ2) is 11.4. The van der Waals surface area contributed by atoms with Gasteiger partial charge in [-0.15, -0.1) is 12.3 Å². The third kappa shape index (κ3) is 5.52. The van der Waals surface area contributed by atoms with Crippen LogP contribution in [0.3, 0.4) is 0 Å². The predicted octanol–water partition coefficient (Wildman–Crippen LogP) is 6.09. The molecular formula is C29H25ClF3N7O2. The number of hydrogen-bond acceptors (Lipinski definition) is 6. The van der Waals surface area contributed by atoms with Crippen molar-refractivity contribution in [2.24, 2.45) is 11.8 Å². The molecule has 1 aliphatic carbocycles. The van der Waals surface area contributed by atoms with Crippen LogP contribution in [0.5, 0.6) is 0 Å². The molecule has 0 saturated heterocycles. The van der Waals surface area contributed by atoms with Gasteiger partial charge in [-0.1, -0.05) is 17.7 Å². The molecule has 3 aromatic heterocycles. The van der Waals surface area contributed by atoms with Crippen LogP contribution >= 0.6 is 11.6 Å². The maximum Gasteiger partial charge on any atom is 0.410 e. The highest BCUT2D eigenvalue weighted by atomic mass is 35.5. The Balaban J connectivity index is 1.79. The molecule has 5 rings (SSSR count). The molecule has 0 radical (unpaired) electrons. The van der Waals surface area contributed by atoms with Gasteiger partial charge in [0.15, 0.2) is 28.8 Å². The number of nitrogens with one attached hydrogen (secondary N) is 2. The van der Waals surface area contributed by atoms with Crippen molar-refractivity contribution in [3.8, 4) is 23.6 Å². The van der Waals surface area contributed by atoms with E-state index in [-0.39, 0.29) is 51.9 Å². The number of pyridine rings is 1. The number of terminal acetylenes is 1. The monoisotopic (exact) mass is 595 g/mol. The summed E-state index contributed by atoms with van der Waals surface area (Å²) < 4.78 is 48.3. The number of carbonyl (C=O) groups is 1. The Hall–Kier alpha value is -4.50. The SMILES string of the molecule is C#CC1CCC(Cn2c(C(C)(F)c3c(F)cccc3F)nc3nc(C(=N)NC(=O)O)nc(-c4cncc(Cl)c4)c32)CC1. The van der Waals surface area contributed by atoms with E-state index in [2.05, 4.69) is 25.9 Å². The third-order valence-corrected chi connectivity index (χ3v) is 7.62. The standard InChI is InChI=1S/C29H25ClF3N7O2/c1-3-15-7-9-16(10-8-15)14-40-23-22(17-11-18(30)13-35-12-17)36-26(24(34)37-28(41)42)38-25(23)39-27(40)29(2,33)21-19(31)5-4-6-20(21)32/h1,4-6,11-13,15-16H,7-10,14H2,2H3,(H2,34,37)(H,41,42). The van der Waals surface area contributed by atoms with Gasteiger partial charge in [-0.05, 0) is 56.7 Å². The molecule has 1 aliphatic rings. The number of amides is 1. The first-order valence-corrected chi connectivity index (χ1v) is 13.5. The van der Waals surface area contributed by atoms with Gasteiger partial charge in [0, 0.05) is 30.4 Å². The average molecular weight is 596 g/mol. The van der Waals surface area contributed by atoms with E-state index in [1.165, 1.54) is 23.0 Å². The summed E-state index contributed by atoms with van der Waals surface area (Å²) in [6.45, 7) is 1.22. The van der Waals surface area contributed by atoms with Crippen LogP contribution in [-0.4, -0.2) is 41.5 Å².